The fourth-order valence-corrected chi connectivity index (χ4v) is 2.55. The summed E-state index contributed by atoms with van der Waals surface area (Å²) in [6.45, 7) is 3.73. The van der Waals surface area contributed by atoms with E-state index in [9.17, 15) is 14.0 Å². The summed E-state index contributed by atoms with van der Waals surface area (Å²) in [7, 11) is 0. The van der Waals surface area contributed by atoms with Gasteiger partial charge in [0.2, 0.25) is 5.91 Å². The zero-order chi connectivity index (χ0) is 16.8. The molecule has 0 saturated carbocycles. The van der Waals surface area contributed by atoms with E-state index in [2.05, 4.69) is 10.3 Å². The van der Waals surface area contributed by atoms with Crippen molar-refractivity contribution >= 4 is 28.3 Å². The van der Waals surface area contributed by atoms with Crippen molar-refractivity contribution in [3.05, 3.63) is 47.2 Å². The number of hydrogen-bond donors (Lipinski definition) is 1. The number of thiazole rings is 1. The predicted octanol–water partition coefficient (Wildman–Crippen LogP) is 3.16. The summed E-state index contributed by atoms with van der Waals surface area (Å²) < 4.78 is 13.0. The van der Waals surface area contributed by atoms with Crippen LogP contribution in [0.3, 0.4) is 0 Å². The first-order valence-electron chi connectivity index (χ1n) is 7.27. The summed E-state index contributed by atoms with van der Waals surface area (Å²) in [6.07, 6.45) is 2.30. The molecule has 2 rings (SSSR count). The van der Waals surface area contributed by atoms with Crippen LogP contribution in [-0.2, 0) is 4.79 Å². The second kappa shape index (κ2) is 7.82. The molecule has 0 saturated heterocycles. The third-order valence-electron chi connectivity index (χ3n) is 3.47. The smallest absolute Gasteiger partial charge is 0.254 e. The molecule has 1 aromatic carbocycles. The molecule has 2 aromatic rings. The molecule has 7 heteroatoms. The van der Waals surface area contributed by atoms with Gasteiger partial charge >= 0.3 is 0 Å². The van der Waals surface area contributed by atoms with Crippen LogP contribution in [0.5, 0.6) is 0 Å². The average Bonchev–Trinajstić information content (AvgIpc) is 3.05. The van der Waals surface area contributed by atoms with Crippen molar-refractivity contribution < 1.29 is 14.0 Å². The van der Waals surface area contributed by atoms with Crippen LogP contribution in [0.2, 0.25) is 0 Å². The van der Waals surface area contributed by atoms with Crippen LogP contribution in [0.25, 0.3) is 0 Å². The van der Waals surface area contributed by atoms with Crippen molar-refractivity contribution in [1.82, 2.24) is 9.88 Å². The summed E-state index contributed by atoms with van der Waals surface area (Å²) >= 11 is 1.31. The molecule has 0 radical (unpaired) electrons. The Kier molecular flexibility index (Phi) is 5.81. The molecule has 23 heavy (non-hydrogen) atoms. The third-order valence-corrected chi connectivity index (χ3v) is 4.16. The lowest BCUT2D eigenvalue weighted by Crippen LogP contribution is -2.43. The molecule has 0 bridgehead atoms. The molecule has 0 aliphatic carbocycles. The van der Waals surface area contributed by atoms with Crippen LogP contribution >= 0.6 is 11.3 Å². The Morgan fingerprint density at radius 1 is 1.35 bits per heavy atom. The average molecular weight is 335 g/mol. The first-order valence-corrected chi connectivity index (χ1v) is 8.15. The molecule has 0 aliphatic rings. The van der Waals surface area contributed by atoms with E-state index < -0.39 is 5.82 Å². The highest BCUT2D eigenvalue weighted by Crippen LogP contribution is 2.14. The number of halogens is 1. The van der Waals surface area contributed by atoms with Gasteiger partial charge in [-0.1, -0.05) is 6.92 Å². The molecule has 0 unspecified atom stereocenters. The highest BCUT2D eigenvalue weighted by molar-refractivity contribution is 7.13. The standard InChI is InChI=1S/C16H18FN3O2S/c1-3-11(2)20(10-14(21)19-16-18-8-9-23-16)15(22)12-4-6-13(17)7-5-12/h4-9,11H,3,10H2,1-2H3,(H,18,19,21)/t11-/m1/s1. The molecule has 1 N–H and O–H groups in total. The van der Waals surface area contributed by atoms with Crippen molar-refractivity contribution in [2.75, 3.05) is 11.9 Å². The molecule has 122 valence electrons. The quantitative estimate of drug-likeness (QED) is 0.882. The second-order valence-electron chi connectivity index (χ2n) is 5.08. The van der Waals surface area contributed by atoms with E-state index in [1.807, 2.05) is 13.8 Å². The molecule has 0 fully saturated rings. The molecule has 2 amide bonds. The SMILES string of the molecule is CC[C@@H](C)N(CC(=O)Nc1nccs1)C(=O)c1ccc(F)cc1. The lowest BCUT2D eigenvalue weighted by molar-refractivity contribution is -0.117. The Balaban J connectivity index is 2.11. The molecule has 1 aromatic heterocycles. The van der Waals surface area contributed by atoms with Gasteiger partial charge in [-0.25, -0.2) is 9.37 Å². The first-order chi connectivity index (χ1) is 11.0. The molecular formula is C16H18FN3O2S. The minimum atomic E-state index is -0.404. The van der Waals surface area contributed by atoms with Crippen LogP contribution in [0.1, 0.15) is 30.6 Å². The topological polar surface area (TPSA) is 62.3 Å². The van der Waals surface area contributed by atoms with Crippen LogP contribution in [0, 0.1) is 5.82 Å². The Labute approximate surface area is 138 Å². The normalized spacial score (nSPS) is 11.8. The van der Waals surface area contributed by atoms with E-state index in [0.29, 0.717) is 17.1 Å². The molecule has 1 heterocycles. The van der Waals surface area contributed by atoms with Crippen molar-refractivity contribution in [2.45, 2.75) is 26.3 Å². The van der Waals surface area contributed by atoms with Crippen LogP contribution < -0.4 is 5.32 Å². The number of nitrogens with one attached hydrogen (secondary N) is 1. The molecule has 1 atom stereocenters. The summed E-state index contributed by atoms with van der Waals surface area (Å²) in [5.41, 5.74) is 0.355. The highest BCUT2D eigenvalue weighted by Gasteiger charge is 2.23. The number of hydrogen-bond acceptors (Lipinski definition) is 4. The maximum Gasteiger partial charge on any atom is 0.254 e. The minimum Gasteiger partial charge on any atom is -0.327 e. The first kappa shape index (κ1) is 17.1. The zero-order valence-electron chi connectivity index (χ0n) is 13.0. The van der Waals surface area contributed by atoms with Gasteiger partial charge in [0, 0.05) is 23.2 Å². The number of anilines is 1. The number of benzene rings is 1. The van der Waals surface area contributed by atoms with Gasteiger partial charge < -0.3 is 10.2 Å². The number of nitrogens with zero attached hydrogens (tertiary/aromatic N) is 2. The summed E-state index contributed by atoms with van der Waals surface area (Å²) in [4.78, 5) is 30.2. The summed E-state index contributed by atoms with van der Waals surface area (Å²) in [6, 6.07) is 5.20. The van der Waals surface area contributed by atoms with Crippen molar-refractivity contribution in [1.29, 1.82) is 0 Å². The Morgan fingerprint density at radius 3 is 2.61 bits per heavy atom. The van der Waals surface area contributed by atoms with Gasteiger partial charge in [0.15, 0.2) is 5.13 Å². The molecule has 0 spiro atoms. The van der Waals surface area contributed by atoms with E-state index in [1.165, 1.54) is 40.5 Å². The fraction of sp³-hybridized carbons (Fsp3) is 0.312. The molecule has 0 aliphatic heterocycles. The molecular weight excluding hydrogens is 317 g/mol. The van der Waals surface area contributed by atoms with Gasteiger partial charge in [0.1, 0.15) is 12.4 Å². The van der Waals surface area contributed by atoms with Gasteiger partial charge in [-0.05, 0) is 37.6 Å². The van der Waals surface area contributed by atoms with Gasteiger partial charge in [0.25, 0.3) is 5.91 Å². The lowest BCUT2D eigenvalue weighted by Gasteiger charge is -2.28. The Hall–Kier alpha value is -2.28. The third kappa shape index (κ3) is 4.59. The zero-order valence-corrected chi connectivity index (χ0v) is 13.8. The van der Waals surface area contributed by atoms with Gasteiger partial charge in [-0.3, -0.25) is 9.59 Å². The van der Waals surface area contributed by atoms with Gasteiger partial charge in [-0.2, -0.15) is 0 Å². The van der Waals surface area contributed by atoms with Crippen LogP contribution in [0.15, 0.2) is 35.8 Å². The van der Waals surface area contributed by atoms with Crippen LogP contribution in [0.4, 0.5) is 9.52 Å². The molecule has 5 nitrogen and oxygen atoms in total. The number of carbonyl (C=O) groups excluding carboxylic acids is 2. The fourth-order valence-electron chi connectivity index (χ4n) is 2.01. The van der Waals surface area contributed by atoms with Crippen molar-refractivity contribution in [3.8, 4) is 0 Å². The van der Waals surface area contributed by atoms with Crippen molar-refractivity contribution in [3.63, 3.8) is 0 Å². The number of rotatable bonds is 6. The number of amides is 2. The minimum absolute atomic E-state index is 0.0786. The number of carbonyl (C=O) groups is 2. The van der Waals surface area contributed by atoms with Crippen LogP contribution in [-0.4, -0.2) is 34.3 Å². The maximum absolute atomic E-state index is 13.0. The maximum atomic E-state index is 13.0. The van der Waals surface area contributed by atoms with E-state index in [0.717, 1.165) is 0 Å². The second-order valence-corrected chi connectivity index (χ2v) is 5.98. The summed E-state index contributed by atoms with van der Waals surface area (Å²) in [5, 5.41) is 4.91. The van der Waals surface area contributed by atoms with E-state index in [-0.39, 0.29) is 24.4 Å². The van der Waals surface area contributed by atoms with Gasteiger partial charge in [-0.15, -0.1) is 11.3 Å². The Bertz CT molecular complexity index is 658. The largest absolute Gasteiger partial charge is 0.327 e. The van der Waals surface area contributed by atoms with E-state index in [4.69, 9.17) is 0 Å². The van der Waals surface area contributed by atoms with E-state index in [1.54, 1.807) is 11.6 Å². The lowest BCUT2D eigenvalue weighted by atomic mass is 10.1. The summed E-state index contributed by atoms with van der Waals surface area (Å²) in [5.74, 6) is -1.01. The predicted molar refractivity (Wildman–Crippen MR) is 87.9 cm³/mol. The number of aromatic nitrogens is 1. The van der Waals surface area contributed by atoms with Crippen molar-refractivity contribution in [2.24, 2.45) is 0 Å². The van der Waals surface area contributed by atoms with E-state index >= 15 is 0 Å². The highest BCUT2D eigenvalue weighted by atomic mass is 32.1. The Morgan fingerprint density at radius 2 is 2.04 bits per heavy atom. The van der Waals surface area contributed by atoms with Gasteiger partial charge in [0.05, 0.1) is 0 Å². The monoisotopic (exact) mass is 335 g/mol.